The molecule has 1 aromatic carbocycles. The lowest BCUT2D eigenvalue weighted by Crippen LogP contribution is -2.33. The van der Waals surface area contributed by atoms with Gasteiger partial charge >= 0.3 is 18.0 Å². The van der Waals surface area contributed by atoms with Gasteiger partial charge in [0, 0.05) is 0 Å². The number of hydrazine groups is 1. The van der Waals surface area contributed by atoms with Gasteiger partial charge in [-0.25, -0.2) is 8.78 Å². The summed E-state index contributed by atoms with van der Waals surface area (Å²) in [5.74, 6) is 0.0240. The highest BCUT2D eigenvalue weighted by molar-refractivity contribution is 5.67. The van der Waals surface area contributed by atoms with E-state index in [-0.39, 0.29) is 5.69 Å². The van der Waals surface area contributed by atoms with E-state index >= 15 is 0 Å². The molecule has 0 unspecified atom stereocenters. The Hall–Kier alpha value is -2.10. The number of nitrogens with two attached hydrogens (primary N) is 1. The molecule has 6 nitrogen and oxygen atoms in total. The van der Waals surface area contributed by atoms with Crippen molar-refractivity contribution in [2.75, 3.05) is 12.0 Å². The van der Waals surface area contributed by atoms with Crippen LogP contribution in [0.5, 0.6) is 5.75 Å². The zero-order valence-corrected chi connectivity index (χ0v) is 9.28. The van der Waals surface area contributed by atoms with Crippen molar-refractivity contribution in [2.24, 2.45) is 5.84 Å². The van der Waals surface area contributed by atoms with Gasteiger partial charge in [0.2, 0.25) is 0 Å². The second kappa shape index (κ2) is 5.69. The van der Waals surface area contributed by atoms with Gasteiger partial charge in [0.25, 0.3) is 0 Å². The smallest absolute Gasteiger partial charge is 0.340 e. The Morgan fingerprint density at radius 3 is 2.58 bits per heavy atom. The van der Waals surface area contributed by atoms with E-state index in [1.807, 2.05) is 5.43 Å². The monoisotopic (exact) mass is 283 g/mol. The summed E-state index contributed by atoms with van der Waals surface area (Å²) in [5, 5.41) is 10.8. The predicted octanol–water partition coefficient (Wildman–Crippen LogP) is 2.16. The van der Waals surface area contributed by atoms with Gasteiger partial charge in [-0.15, -0.1) is 0 Å². The van der Waals surface area contributed by atoms with E-state index in [1.54, 1.807) is 0 Å². The van der Waals surface area contributed by atoms with Crippen LogP contribution in [0, 0.1) is 10.1 Å². The van der Waals surface area contributed by atoms with Crippen LogP contribution in [-0.2, 0) is 0 Å². The predicted molar refractivity (Wildman–Crippen MR) is 57.4 cm³/mol. The number of para-hydroxylation sites is 1. The lowest BCUT2D eigenvalue weighted by Gasteiger charge is -2.16. The SMILES string of the molecule is NNc1cccc(OCC(F)(F)C(F)F)c1[N+](=O)[O-]. The number of rotatable bonds is 6. The van der Waals surface area contributed by atoms with Gasteiger partial charge in [0.1, 0.15) is 5.69 Å². The van der Waals surface area contributed by atoms with Crippen LogP contribution >= 0.6 is 0 Å². The quantitative estimate of drug-likeness (QED) is 0.361. The summed E-state index contributed by atoms with van der Waals surface area (Å²) < 4.78 is 53.6. The number of nitro benzene ring substituents is 1. The molecule has 1 rings (SSSR count). The second-order valence-electron chi connectivity index (χ2n) is 3.40. The van der Waals surface area contributed by atoms with Crippen molar-refractivity contribution in [1.82, 2.24) is 0 Å². The first-order valence-corrected chi connectivity index (χ1v) is 4.82. The fourth-order valence-electron chi connectivity index (χ4n) is 1.18. The molecule has 0 saturated carbocycles. The van der Waals surface area contributed by atoms with Gasteiger partial charge in [-0.2, -0.15) is 8.78 Å². The van der Waals surface area contributed by atoms with Crippen molar-refractivity contribution in [3.05, 3.63) is 28.3 Å². The van der Waals surface area contributed by atoms with E-state index in [0.29, 0.717) is 0 Å². The number of nitro groups is 1. The topological polar surface area (TPSA) is 90.4 Å². The summed E-state index contributed by atoms with van der Waals surface area (Å²) in [6, 6.07) is 3.44. The van der Waals surface area contributed by atoms with Crippen LogP contribution in [0.2, 0.25) is 0 Å². The minimum absolute atomic E-state index is 0.192. The van der Waals surface area contributed by atoms with Crippen LogP contribution in [0.15, 0.2) is 18.2 Å². The number of alkyl halides is 4. The fraction of sp³-hybridized carbons (Fsp3) is 0.333. The maximum absolute atomic E-state index is 12.7. The van der Waals surface area contributed by atoms with Gasteiger partial charge in [-0.05, 0) is 12.1 Å². The molecule has 10 heteroatoms. The van der Waals surface area contributed by atoms with Gasteiger partial charge in [-0.1, -0.05) is 6.07 Å². The van der Waals surface area contributed by atoms with Crippen molar-refractivity contribution in [2.45, 2.75) is 12.3 Å². The van der Waals surface area contributed by atoms with Crippen LogP contribution in [0.25, 0.3) is 0 Å². The molecule has 106 valence electrons. The molecule has 0 radical (unpaired) electrons. The summed E-state index contributed by atoms with van der Waals surface area (Å²) >= 11 is 0. The average molecular weight is 283 g/mol. The Bertz CT molecular complexity index is 470. The van der Waals surface area contributed by atoms with Gasteiger partial charge in [0.05, 0.1) is 4.92 Å². The zero-order chi connectivity index (χ0) is 14.6. The van der Waals surface area contributed by atoms with Crippen LogP contribution in [0.1, 0.15) is 0 Å². The minimum Gasteiger partial charge on any atom is -0.480 e. The van der Waals surface area contributed by atoms with Gasteiger partial charge < -0.3 is 10.2 Å². The number of benzene rings is 1. The molecular weight excluding hydrogens is 274 g/mol. The van der Waals surface area contributed by atoms with E-state index < -0.39 is 35.3 Å². The van der Waals surface area contributed by atoms with Crippen molar-refractivity contribution >= 4 is 11.4 Å². The molecule has 19 heavy (non-hydrogen) atoms. The molecule has 0 aliphatic carbocycles. The average Bonchev–Trinajstić information content (AvgIpc) is 2.35. The van der Waals surface area contributed by atoms with Gasteiger partial charge in [0.15, 0.2) is 12.4 Å². The normalized spacial score (nSPS) is 11.5. The third kappa shape index (κ3) is 3.44. The second-order valence-corrected chi connectivity index (χ2v) is 3.40. The molecule has 0 atom stereocenters. The van der Waals surface area contributed by atoms with E-state index in [1.165, 1.54) is 12.1 Å². The van der Waals surface area contributed by atoms with Crippen LogP contribution < -0.4 is 16.0 Å². The molecule has 0 fully saturated rings. The van der Waals surface area contributed by atoms with E-state index in [0.717, 1.165) is 6.07 Å². The number of nitrogen functional groups attached to an aromatic ring is 1. The molecule has 1 aromatic rings. The lowest BCUT2D eigenvalue weighted by molar-refractivity contribution is -0.385. The molecule has 0 aromatic heterocycles. The molecule has 0 aliphatic heterocycles. The highest BCUT2D eigenvalue weighted by Gasteiger charge is 2.42. The first kappa shape index (κ1) is 15.0. The fourth-order valence-corrected chi connectivity index (χ4v) is 1.18. The maximum atomic E-state index is 12.7. The maximum Gasteiger partial charge on any atom is 0.340 e. The van der Waals surface area contributed by atoms with Crippen molar-refractivity contribution in [3.8, 4) is 5.75 Å². The standard InChI is InChI=1S/C9H9F4N3O3/c10-8(11)9(12,13)4-19-6-3-1-2-5(15-14)7(6)16(17)18/h1-3,8,15H,4,14H2. The Balaban J connectivity index is 2.99. The third-order valence-electron chi connectivity index (χ3n) is 2.08. The lowest BCUT2D eigenvalue weighted by atomic mass is 10.2. The Morgan fingerprint density at radius 1 is 1.47 bits per heavy atom. The number of hydrogen-bond donors (Lipinski definition) is 2. The van der Waals surface area contributed by atoms with Gasteiger partial charge in [-0.3, -0.25) is 16.0 Å². The zero-order valence-electron chi connectivity index (χ0n) is 9.28. The highest BCUT2D eigenvalue weighted by atomic mass is 19.3. The number of nitrogens with zero attached hydrogens (tertiary/aromatic N) is 1. The summed E-state index contributed by atoms with van der Waals surface area (Å²) in [7, 11) is 0. The molecule has 3 N–H and O–H groups in total. The molecule has 0 heterocycles. The number of halogens is 4. The molecular formula is C9H9F4N3O3. The highest BCUT2D eigenvalue weighted by Crippen LogP contribution is 2.35. The summed E-state index contributed by atoms with van der Waals surface area (Å²) in [6.45, 7) is -1.68. The van der Waals surface area contributed by atoms with Crippen LogP contribution in [-0.4, -0.2) is 23.9 Å². The van der Waals surface area contributed by atoms with Crippen molar-refractivity contribution in [1.29, 1.82) is 0 Å². The third-order valence-corrected chi connectivity index (χ3v) is 2.08. The molecule has 0 aliphatic rings. The Kier molecular flexibility index (Phi) is 4.48. The first-order chi connectivity index (χ1) is 8.79. The van der Waals surface area contributed by atoms with E-state index in [9.17, 15) is 27.7 Å². The molecule has 0 saturated heterocycles. The van der Waals surface area contributed by atoms with Crippen molar-refractivity contribution < 1.29 is 27.2 Å². The minimum atomic E-state index is -4.40. The first-order valence-electron chi connectivity index (χ1n) is 4.82. The molecule has 0 amide bonds. The number of anilines is 1. The Labute approximate surface area is 104 Å². The molecule has 0 bridgehead atoms. The Morgan fingerprint density at radius 2 is 2.11 bits per heavy atom. The van der Waals surface area contributed by atoms with E-state index in [4.69, 9.17) is 5.84 Å². The summed E-state index contributed by atoms with van der Waals surface area (Å²) in [5.41, 5.74) is 1.08. The van der Waals surface area contributed by atoms with E-state index in [2.05, 4.69) is 4.74 Å². The van der Waals surface area contributed by atoms with Crippen LogP contribution in [0.4, 0.5) is 28.9 Å². The number of hydrogen-bond acceptors (Lipinski definition) is 5. The van der Waals surface area contributed by atoms with Crippen LogP contribution in [0.3, 0.4) is 0 Å². The summed E-state index contributed by atoms with van der Waals surface area (Å²) in [6.07, 6.45) is -3.93. The molecule has 0 spiro atoms. The van der Waals surface area contributed by atoms with Crippen molar-refractivity contribution in [3.63, 3.8) is 0 Å². The number of ether oxygens (including phenoxy) is 1. The summed E-state index contributed by atoms with van der Waals surface area (Å²) in [4.78, 5) is 9.83. The largest absolute Gasteiger partial charge is 0.480 e. The number of nitrogens with one attached hydrogen (secondary N) is 1.